The first-order chi connectivity index (χ1) is 12.5. The Morgan fingerprint density at radius 2 is 2.12 bits per heavy atom. The van der Waals surface area contributed by atoms with E-state index in [0.29, 0.717) is 34.9 Å². The summed E-state index contributed by atoms with van der Waals surface area (Å²) in [7, 11) is 2.87. The van der Waals surface area contributed by atoms with Gasteiger partial charge in [-0.2, -0.15) is 0 Å². The molecule has 2 aromatic rings. The van der Waals surface area contributed by atoms with E-state index in [2.05, 4.69) is 22.1 Å². The molecule has 0 bridgehead atoms. The lowest BCUT2D eigenvalue weighted by molar-refractivity contribution is -0.118. The van der Waals surface area contributed by atoms with Gasteiger partial charge in [0.2, 0.25) is 5.91 Å². The predicted molar refractivity (Wildman–Crippen MR) is 99.7 cm³/mol. The van der Waals surface area contributed by atoms with Crippen molar-refractivity contribution in [3.63, 3.8) is 0 Å². The van der Waals surface area contributed by atoms with Gasteiger partial charge in [-0.3, -0.25) is 9.69 Å². The molecule has 2 heterocycles. The van der Waals surface area contributed by atoms with Crippen molar-refractivity contribution in [3.8, 4) is 5.75 Å². The zero-order valence-electron chi connectivity index (χ0n) is 15.4. The number of nitrogens with one attached hydrogen (secondary N) is 2. The van der Waals surface area contributed by atoms with Crippen molar-refractivity contribution in [2.45, 2.75) is 32.2 Å². The highest BCUT2D eigenvalue weighted by molar-refractivity contribution is 6.13. The van der Waals surface area contributed by atoms with Gasteiger partial charge in [-0.1, -0.05) is 12.5 Å². The van der Waals surface area contributed by atoms with Gasteiger partial charge in [-0.05, 0) is 38.4 Å². The van der Waals surface area contributed by atoms with Crippen LogP contribution in [-0.2, 0) is 9.53 Å². The summed E-state index contributed by atoms with van der Waals surface area (Å²) in [5.41, 5.74) is 1.32. The molecule has 0 spiro atoms. The van der Waals surface area contributed by atoms with Crippen LogP contribution in [0, 0.1) is 0 Å². The van der Waals surface area contributed by atoms with Crippen LogP contribution in [0.15, 0.2) is 18.2 Å². The molecule has 1 saturated heterocycles. The summed E-state index contributed by atoms with van der Waals surface area (Å²) < 4.78 is 10.3. The average Bonchev–Trinajstić information content (AvgIpc) is 3.01. The number of methoxy groups -OCH3 is 2. The van der Waals surface area contributed by atoms with Gasteiger partial charge in [0.15, 0.2) is 0 Å². The fraction of sp³-hybridized carbons (Fsp3) is 0.474. The van der Waals surface area contributed by atoms with Crippen LogP contribution < -0.4 is 10.1 Å². The lowest BCUT2D eigenvalue weighted by Crippen LogP contribution is -2.42. The fourth-order valence-corrected chi connectivity index (χ4v) is 3.52. The van der Waals surface area contributed by atoms with Crippen LogP contribution in [-0.4, -0.2) is 55.1 Å². The van der Waals surface area contributed by atoms with Crippen molar-refractivity contribution in [1.29, 1.82) is 0 Å². The molecule has 2 N–H and O–H groups in total. The van der Waals surface area contributed by atoms with Crippen LogP contribution in [0.3, 0.4) is 0 Å². The molecule has 0 radical (unpaired) electrons. The minimum absolute atomic E-state index is 0.157. The maximum Gasteiger partial charge on any atom is 0.356 e. The third kappa shape index (κ3) is 3.53. The van der Waals surface area contributed by atoms with Gasteiger partial charge in [-0.25, -0.2) is 4.79 Å². The number of anilines is 1. The molecular weight excluding hydrogens is 334 g/mol. The number of carbonyl (C=O) groups is 2. The zero-order chi connectivity index (χ0) is 18.7. The van der Waals surface area contributed by atoms with Crippen LogP contribution in [0.1, 0.15) is 36.7 Å². The number of aromatic amines is 1. The first-order valence-corrected chi connectivity index (χ1v) is 8.86. The normalized spacial score (nSPS) is 17.9. The second-order valence-corrected chi connectivity index (χ2v) is 6.61. The summed E-state index contributed by atoms with van der Waals surface area (Å²) >= 11 is 0. The number of esters is 1. The van der Waals surface area contributed by atoms with E-state index in [1.165, 1.54) is 13.5 Å². The summed E-state index contributed by atoms with van der Waals surface area (Å²) in [5, 5.41) is 3.56. The molecule has 1 aromatic heterocycles. The topological polar surface area (TPSA) is 83.7 Å². The highest BCUT2D eigenvalue weighted by Gasteiger charge is 2.25. The van der Waals surface area contributed by atoms with E-state index in [0.717, 1.165) is 19.4 Å². The van der Waals surface area contributed by atoms with Crippen LogP contribution in [0.4, 0.5) is 5.69 Å². The number of ether oxygens (including phenoxy) is 2. The predicted octanol–water partition coefficient (Wildman–Crippen LogP) is 2.78. The van der Waals surface area contributed by atoms with Crippen LogP contribution >= 0.6 is 0 Å². The Bertz CT molecular complexity index is 814. The quantitative estimate of drug-likeness (QED) is 0.802. The molecule has 7 heteroatoms. The number of hydrogen-bond acceptors (Lipinski definition) is 5. The molecule has 3 rings (SSSR count). The molecule has 1 aromatic carbocycles. The van der Waals surface area contributed by atoms with Crippen molar-refractivity contribution in [3.05, 3.63) is 23.9 Å². The number of likely N-dealkylation sites (tertiary alicyclic amines) is 1. The van der Waals surface area contributed by atoms with Gasteiger partial charge in [0, 0.05) is 6.04 Å². The van der Waals surface area contributed by atoms with Crippen molar-refractivity contribution in [2.24, 2.45) is 0 Å². The molecule has 1 amide bonds. The molecule has 0 aliphatic carbocycles. The van der Waals surface area contributed by atoms with E-state index < -0.39 is 5.97 Å². The van der Waals surface area contributed by atoms with Crippen molar-refractivity contribution in [2.75, 3.05) is 32.6 Å². The fourth-order valence-electron chi connectivity index (χ4n) is 3.52. The van der Waals surface area contributed by atoms with E-state index in [-0.39, 0.29) is 11.6 Å². The molecule has 140 valence electrons. The molecule has 1 fully saturated rings. The summed E-state index contributed by atoms with van der Waals surface area (Å²) in [6.07, 6.45) is 3.40. The summed E-state index contributed by atoms with van der Waals surface area (Å²) in [6.45, 7) is 3.35. The van der Waals surface area contributed by atoms with Gasteiger partial charge in [0.05, 0.1) is 37.4 Å². The lowest BCUT2D eigenvalue weighted by Gasteiger charge is -2.32. The number of H-pyrrole nitrogens is 1. The first-order valence-electron chi connectivity index (χ1n) is 8.86. The second kappa shape index (κ2) is 7.78. The zero-order valence-corrected chi connectivity index (χ0v) is 15.4. The highest BCUT2D eigenvalue weighted by Crippen LogP contribution is 2.35. The van der Waals surface area contributed by atoms with Crippen LogP contribution in [0.2, 0.25) is 0 Å². The maximum atomic E-state index is 12.7. The first kappa shape index (κ1) is 18.3. The van der Waals surface area contributed by atoms with Gasteiger partial charge in [-0.15, -0.1) is 0 Å². The minimum atomic E-state index is -0.537. The number of amides is 1. The summed E-state index contributed by atoms with van der Waals surface area (Å²) in [5.74, 6) is -0.115. The van der Waals surface area contributed by atoms with Crippen molar-refractivity contribution < 1.29 is 19.1 Å². The largest absolute Gasteiger partial charge is 0.496 e. The van der Waals surface area contributed by atoms with Gasteiger partial charge < -0.3 is 19.8 Å². The highest BCUT2D eigenvalue weighted by atomic mass is 16.5. The van der Waals surface area contributed by atoms with E-state index in [4.69, 9.17) is 9.47 Å². The Kier molecular flexibility index (Phi) is 5.46. The van der Waals surface area contributed by atoms with E-state index >= 15 is 0 Å². The van der Waals surface area contributed by atoms with Gasteiger partial charge in [0.1, 0.15) is 11.4 Å². The molecule has 7 nitrogen and oxygen atoms in total. The lowest BCUT2D eigenvalue weighted by atomic mass is 10.0. The monoisotopic (exact) mass is 359 g/mol. The molecule has 1 aliphatic heterocycles. The number of rotatable bonds is 5. The third-order valence-corrected chi connectivity index (χ3v) is 4.95. The third-order valence-electron chi connectivity index (χ3n) is 4.95. The maximum absolute atomic E-state index is 12.7. The molecule has 1 unspecified atom stereocenters. The molecule has 1 aliphatic rings. The number of nitrogens with zero attached hydrogens (tertiary/aromatic N) is 1. The molecule has 0 saturated carbocycles. The number of hydrogen-bond donors (Lipinski definition) is 2. The molecule has 1 atom stereocenters. The van der Waals surface area contributed by atoms with Gasteiger partial charge >= 0.3 is 5.97 Å². The Morgan fingerprint density at radius 3 is 2.81 bits per heavy atom. The Morgan fingerprint density at radius 1 is 1.31 bits per heavy atom. The van der Waals surface area contributed by atoms with Gasteiger partial charge in [0.25, 0.3) is 0 Å². The Balaban J connectivity index is 1.92. The smallest absolute Gasteiger partial charge is 0.356 e. The number of aromatic nitrogens is 1. The Labute approximate surface area is 152 Å². The van der Waals surface area contributed by atoms with Crippen molar-refractivity contribution in [1.82, 2.24) is 9.88 Å². The molecular formula is C19H25N3O4. The number of carbonyl (C=O) groups excluding carboxylic acids is 2. The summed E-state index contributed by atoms with van der Waals surface area (Å²) in [4.78, 5) is 30.0. The number of benzene rings is 1. The minimum Gasteiger partial charge on any atom is -0.496 e. The Hall–Kier alpha value is -2.54. The molecule has 26 heavy (non-hydrogen) atoms. The average molecular weight is 359 g/mol. The van der Waals surface area contributed by atoms with E-state index in [9.17, 15) is 9.59 Å². The number of fused-ring (bicyclic) bond motifs is 1. The van der Waals surface area contributed by atoms with E-state index in [1.807, 2.05) is 12.1 Å². The van der Waals surface area contributed by atoms with E-state index in [1.54, 1.807) is 13.2 Å². The number of piperidine rings is 1. The van der Waals surface area contributed by atoms with Crippen LogP contribution in [0.5, 0.6) is 5.75 Å². The second-order valence-electron chi connectivity index (χ2n) is 6.61. The summed E-state index contributed by atoms with van der Waals surface area (Å²) in [6, 6.07) is 5.82. The standard InChI is InChI=1S/C19H25N3O4/c1-12-7-4-5-10-22(12)11-15(23)21-17-16-13(8-6-9-14(16)25-2)20-18(17)19(24)26-3/h6,8-9,12,20H,4-5,7,10-11H2,1-3H3,(H,21,23). The van der Waals surface area contributed by atoms with Crippen molar-refractivity contribution >= 4 is 28.5 Å². The SMILES string of the molecule is COC(=O)c1[nH]c2cccc(OC)c2c1NC(=O)CN1CCCCC1C. The van der Waals surface area contributed by atoms with Crippen LogP contribution in [0.25, 0.3) is 10.9 Å².